The Morgan fingerprint density at radius 3 is 2.35 bits per heavy atom. The molecule has 0 aromatic carbocycles. The summed E-state index contributed by atoms with van der Waals surface area (Å²) in [6, 6.07) is 0. The number of aliphatic hydroxyl groups is 3. The fourth-order valence-electron chi connectivity index (χ4n) is 7.91. The Kier molecular flexibility index (Phi) is 3.37. The minimum Gasteiger partial charge on any atom is -0.393 e. The first-order chi connectivity index (χ1) is 10.7. The summed E-state index contributed by atoms with van der Waals surface area (Å²) in [6.07, 6.45) is 8.40. The van der Waals surface area contributed by atoms with Crippen molar-refractivity contribution in [2.24, 2.45) is 34.0 Å². The van der Waals surface area contributed by atoms with Crippen LogP contribution in [0, 0.1) is 34.0 Å². The van der Waals surface area contributed by atoms with E-state index in [2.05, 4.69) is 20.8 Å². The van der Waals surface area contributed by atoms with Gasteiger partial charge in [-0.2, -0.15) is 0 Å². The molecule has 5 rings (SSSR count). The molecule has 0 radical (unpaired) electrons. The summed E-state index contributed by atoms with van der Waals surface area (Å²) in [5.74, 6) is 1.51. The fraction of sp³-hybridized carbons (Fsp3) is 1.00. The molecule has 0 aliphatic heterocycles. The molecule has 2 bridgehead atoms. The second kappa shape index (κ2) is 4.74. The maximum Gasteiger partial charge on any atom is 0.0910 e. The summed E-state index contributed by atoms with van der Waals surface area (Å²) in [5.41, 5.74) is -0.313. The molecule has 5 aliphatic carbocycles. The van der Waals surface area contributed by atoms with Crippen molar-refractivity contribution in [3.63, 3.8) is 0 Å². The zero-order chi connectivity index (χ0) is 16.7. The molecule has 3 heteroatoms. The van der Waals surface area contributed by atoms with Crippen molar-refractivity contribution in [1.29, 1.82) is 0 Å². The smallest absolute Gasteiger partial charge is 0.0910 e. The highest BCUT2D eigenvalue weighted by atomic mass is 16.3. The summed E-state index contributed by atoms with van der Waals surface area (Å²) >= 11 is 0. The highest BCUT2D eigenvalue weighted by Crippen LogP contribution is 2.72. The molecule has 23 heavy (non-hydrogen) atoms. The molecule has 0 amide bonds. The highest BCUT2D eigenvalue weighted by Gasteiger charge is 2.67. The van der Waals surface area contributed by atoms with E-state index in [1.807, 2.05) is 0 Å². The maximum atomic E-state index is 10.9. The summed E-state index contributed by atoms with van der Waals surface area (Å²) in [6.45, 7) is 6.94. The molecule has 0 unspecified atom stereocenters. The second-order valence-corrected chi connectivity index (χ2v) is 10.3. The molecule has 132 valence electrons. The molecule has 3 N–H and O–H groups in total. The van der Waals surface area contributed by atoms with Crippen molar-refractivity contribution < 1.29 is 15.3 Å². The Hall–Kier alpha value is -0.120. The van der Waals surface area contributed by atoms with Crippen LogP contribution in [0.3, 0.4) is 0 Å². The molecular weight excluding hydrogens is 288 g/mol. The van der Waals surface area contributed by atoms with Gasteiger partial charge in [0.25, 0.3) is 0 Å². The molecule has 5 aliphatic rings. The van der Waals surface area contributed by atoms with E-state index < -0.39 is 5.60 Å². The first-order valence-electron chi connectivity index (χ1n) is 9.69. The summed E-state index contributed by atoms with van der Waals surface area (Å²) in [4.78, 5) is 0. The van der Waals surface area contributed by atoms with Gasteiger partial charge in [-0.25, -0.2) is 0 Å². The van der Waals surface area contributed by atoms with Crippen LogP contribution in [-0.2, 0) is 0 Å². The first kappa shape index (κ1) is 16.4. The van der Waals surface area contributed by atoms with E-state index in [4.69, 9.17) is 0 Å². The lowest BCUT2D eigenvalue weighted by molar-refractivity contribution is -0.252. The van der Waals surface area contributed by atoms with Crippen LogP contribution in [-0.4, -0.2) is 33.6 Å². The van der Waals surface area contributed by atoms with E-state index in [1.165, 1.54) is 19.3 Å². The molecule has 0 heterocycles. The molecule has 3 nitrogen and oxygen atoms in total. The van der Waals surface area contributed by atoms with Crippen LogP contribution in [0.25, 0.3) is 0 Å². The van der Waals surface area contributed by atoms with E-state index in [0.29, 0.717) is 11.8 Å². The average Bonchev–Trinajstić information content (AvgIpc) is 2.51. The molecule has 1 spiro atoms. The van der Waals surface area contributed by atoms with E-state index in [9.17, 15) is 15.3 Å². The second-order valence-electron chi connectivity index (χ2n) is 10.3. The van der Waals surface area contributed by atoms with Gasteiger partial charge in [0.1, 0.15) is 0 Å². The van der Waals surface area contributed by atoms with E-state index in [1.54, 1.807) is 0 Å². The van der Waals surface area contributed by atoms with Crippen molar-refractivity contribution in [3.05, 3.63) is 0 Å². The molecule has 5 saturated carbocycles. The lowest BCUT2D eigenvalue weighted by Gasteiger charge is -2.70. The van der Waals surface area contributed by atoms with Gasteiger partial charge in [0, 0.05) is 0 Å². The van der Waals surface area contributed by atoms with Crippen LogP contribution in [0.2, 0.25) is 0 Å². The van der Waals surface area contributed by atoms with Gasteiger partial charge in [-0.15, -0.1) is 0 Å². The van der Waals surface area contributed by atoms with Gasteiger partial charge in [-0.1, -0.05) is 20.8 Å². The number of aliphatic hydroxyl groups excluding tert-OH is 2. The van der Waals surface area contributed by atoms with Gasteiger partial charge in [-0.3, -0.25) is 0 Å². The normalized spacial score (nSPS) is 57.7. The third kappa shape index (κ3) is 1.93. The zero-order valence-corrected chi connectivity index (χ0v) is 15.0. The molecule has 0 saturated heterocycles. The number of rotatable bonds is 1. The van der Waals surface area contributed by atoms with Crippen molar-refractivity contribution in [1.82, 2.24) is 0 Å². The maximum absolute atomic E-state index is 10.9. The average molecular weight is 322 g/mol. The van der Waals surface area contributed by atoms with E-state index in [0.717, 1.165) is 32.1 Å². The van der Waals surface area contributed by atoms with Crippen LogP contribution in [0.15, 0.2) is 0 Å². The monoisotopic (exact) mass is 322 g/mol. The number of fused-ring (bicyclic) bond motifs is 3. The zero-order valence-electron chi connectivity index (χ0n) is 15.0. The molecular formula is C20H34O3. The number of hydrogen-bond donors (Lipinski definition) is 3. The van der Waals surface area contributed by atoms with Crippen molar-refractivity contribution in [2.45, 2.75) is 83.8 Å². The van der Waals surface area contributed by atoms with Crippen LogP contribution < -0.4 is 0 Å². The largest absolute Gasteiger partial charge is 0.393 e. The lowest BCUT2D eigenvalue weighted by Crippen LogP contribution is -2.66. The molecule has 5 fully saturated rings. The third-order valence-electron chi connectivity index (χ3n) is 9.18. The van der Waals surface area contributed by atoms with Gasteiger partial charge >= 0.3 is 0 Å². The summed E-state index contributed by atoms with van der Waals surface area (Å²) in [5, 5.41) is 31.3. The van der Waals surface area contributed by atoms with Gasteiger partial charge in [0.2, 0.25) is 0 Å². The number of hydrogen-bond acceptors (Lipinski definition) is 3. The van der Waals surface area contributed by atoms with E-state index >= 15 is 0 Å². The van der Waals surface area contributed by atoms with Crippen LogP contribution in [0.1, 0.15) is 72.1 Å². The van der Waals surface area contributed by atoms with E-state index in [-0.39, 0.29) is 34.9 Å². The fourth-order valence-corrected chi connectivity index (χ4v) is 7.91. The van der Waals surface area contributed by atoms with Gasteiger partial charge in [0.05, 0.1) is 18.3 Å². The highest BCUT2D eigenvalue weighted by molar-refractivity contribution is 5.17. The SMILES string of the molecule is CC1(C)[C@H]2CC[C@@]34CC[C@@H](C[C@H]3[C@]2(C)CC[C@@H]1O)[C@](O)(CO)C4. The van der Waals surface area contributed by atoms with Crippen LogP contribution in [0.4, 0.5) is 0 Å². The lowest BCUT2D eigenvalue weighted by atomic mass is 9.35. The quantitative estimate of drug-likeness (QED) is 0.695. The van der Waals surface area contributed by atoms with Crippen LogP contribution >= 0.6 is 0 Å². The molecule has 0 aromatic heterocycles. The Morgan fingerprint density at radius 1 is 0.957 bits per heavy atom. The van der Waals surface area contributed by atoms with Gasteiger partial charge < -0.3 is 15.3 Å². The summed E-state index contributed by atoms with van der Waals surface area (Å²) in [7, 11) is 0. The van der Waals surface area contributed by atoms with Crippen molar-refractivity contribution in [3.8, 4) is 0 Å². The first-order valence-corrected chi connectivity index (χ1v) is 9.69. The third-order valence-corrected chi connectivity index (χ3v) is 9.18. The predicted octanol–water partition coefficient (Wildman–Crippen LogP) is 3.11. The van der Waals surface area contributed by atoms with Crippen LogP contribution in [0.5, 0.6) is 0 Å². The van der Waals surface area contributed by atoms with Crippen molar-refractivity contribution >= 4 is 0 Å². The standard InChI is InChI=1S/C20H34O3/c1-17(2)14-5-9-19-8-4-13(20(23,11-19)12-21)10-15(19)18(14,3)7-6-16(17)22/h13-16,21-23H,4-12H2,1-3H3/t13-,14+,15-,16-,18+,19+,20+/m0/s1. The summed E-state index contributed by atoms with van der Waals surface area (Å²) < 4.78 is 0. The van der Waals surface area contributed by atoms with Gasteiger partial charge in [-0.05, 0) is 85.4 Å². The minimum atomic E-state index is -0.832. The van der Waals surface area contributed by atoms with Crippen molar-refractivity contribution in [2.75, 3.05) is 6.61 Å². The van der Waals surface area contributed by atoms with Gasteiger partial charge in [0.15, 0.2) is 0 Å². The predicted molar refractivity (Wildman–Crippen MR) is 89.8 cm³/mol. The molecule has 7 atom stereocenters. The minimum absolute atomic E-state index is 0.00141. The Bertz CT molecular complexity index is 503. The topological polar surface area (TPSA) is 60.7 Å². The Morgan fingerprint density at radius 2 is 1.65 bits per heavy atom. The molecule has 0 aromatic rings. The Labute approximate surface area is 140 Å². The Balaban J connectivity index is 1.72.